The molecule has 2 N–H and O–H groups in total. The summed E-state index contributed by atoms with van der Waals surface area (Å²) in [5, 5.41) is 6.49. The fourth-order valence-corrected chi connectivity index (χ4v) is 0.605. The van der Waals surface area contributed by atoms with Crippen LogP contribution in [0.15, 0.2) is 0 Å². The molecule has 0 aromatic rings. The van der Waals surface area contributed by atoms with Gasteiger partial charge in [-0.15, -0.1) is 0 Å². The highest BCUT2D eigenvalue weighted by atomic mass is 28.1. The van der Waals surface area contributed by atoms with Crippen molar-refractivity contribution in [1.29, 1.82) is 0 Å². The van der Waals surface area contributed by atoms with E-state index >= 15 is 0 Å². The van der Waals surface area contributed by atoms with Gasteiger partial charge in [0.15, 0.2) is 0 Å². The first-order valence-corrected chi connectivity index (χ1v) is 4.37. The van der Waals surface area contributed by atoms with Crippen molar-refractivity contribution in [2.75, 3.05) is 13.2 Å². The Balaban J connectivity index is 2.72. The topological polar surface area (TPSA) is 24.1 Å². The van der Waals surface area contributed by atoms with Gasteiger partial charge in [-0.1, -0.05) is 13.8 Å². The molecular weight excluding hydrogens is 116 g/mol. The van der Waals surface area contributed by atoms with Gasteiger partial charge in [-0.2, -0.15) is 0 Å². The van der Waals surface area contributed by atoms with Crippen molar-refractivity contribution in [2.45, 2.75) is 19.5 Å². The van der Waals surface area contributed by atoms with Gasteiger partial charge < -0.3 is 10.6 Å². The molecule has 50 valence electrons. The summed E-state index contributed by atoms with van der Waals surface area (Å²) in [5.41, 5.74) is 0.731. The zero-order valence-electron chi connectivity index (χ0n) is 5.99. The minimum atomic E-state index is 0.731. The van der Waals surface area contributed by atoms with E-state index in [0.29, 0.717) is 0 Å². The van der Waals surface area contributed by atoms with Gasteiger partial charge in [0.25, 0.3) is 0 Å². The molecule has 0 spiro atoms. The van der Waals surface area contributed by atoms with E-state index in [4.69, 9.17) is 0 Å². The van der Waals surface area contributed by atoms with Crippen LogP contribution in [-0.4, -0.2) is 29.1 Å². The number of hydrogen-bond acceptors (Lipinski definition) is 2. The predicted octanol–water partition coefficient (Wildman–Crippen LogP) is -1.15. The maximum absolute atomic E-state index is 3.30. The molecule has 0 heterocycles. The fourth-order valence-electron chi connectivity index (χ4n) is 0.401. The summed E-state index contributed by atoms with van der Waals surface area (Å²) in [4.78, 5) is 0. The molecule has 0 saturated heterocycles. The lowest BCUT2D eigenvalue weighted by Crippen LogP contribution is -2.35. The molecular formula is C5H16N2Si. The minimum absolute atomic E-state index is 0.731. The van der Waals surface area contributed by atoms with Crippen LogP contribution in [0.5, 0.6) is 0 Å². The van der Waals surface area contributed by atoms with E-state index in [1.807, 2.05) is 0 Å². The van der Waals surface area contributed by atoms with Gasteiger partial charge in [-0.3, -0.25) is 0 Å². The lowest BCUT2D eigenvalue weighted by Gasteiger charge is -2.06. The van der Waals surface area contributed by atoms with E-state index in [0.717, 1.165) is 18.9 Å². The molecule has 1 atom stereocenters. The Bertz CT molecular complexity index is 47.7. The third-order valence-corrected chi connectivity index (χ3v) is 1.29. The van der Waals surface area contributed by atoms with E-state index in [1.54, 1.807) is 0 Å². The molecule has 0 fully saturated rings. The third kappa shape index (κ3) is 6.14. The number of hydrogen-bond donors (Lipinski definition) is 2. The first-order valence-electron chi connectivity index (χ1n) is 3.21. The minimum Gasteiger partial charge on any atom is -0.306 e. The highest BCUT2D eigenvalue weighted by Crippen LogP contribution is 1.64. The van der Waals surface area contributed by atoms with E-state index in [-0.39, 0.29) is 0 Å². The molecule has 0 aromatic heterocycles. The molecule has 0 aliphatic carbocycles. The second-order valence-electron chi connectivity index (χ2n) is 2.14. The fraction of sp³-hybridized carbons (Fsp3) is 1.00. The molecule has 0 amide bonds. The van der Waals surface area contributed by atoms with Crippen molar-refractivity contribution in [3.05, 3.63) is 0 Å². The summed E-state index contributed by atoms with van der Waals surface area (Å²) in [5.74, 6) is 0. The third-order valence-electron chi connectivity index (χ3n) is 0.885. The zero-order chi connectivity index (χ0) is 6.41. The van der Waals surface area contributed by atoms with Gasteiger partial charge in [-0.25, -0.2) is 0 Å². The summed E-state index contributed by atoms with van der Waals surface area (Å²) in [6.45, 7) is 6.32. The van der Waals surface area contributed by atoms with E-state index in [9.17, 15) is 0 Å². The molecule has 0 rings (SSSR count). The molecule has 0 aliphatic heterocycles. The van der Waals surface area contributed by atoms with Crippen LogP contribution in [0.3, 0.4) is 0 Å². The van der Waals surface area contributed by atoms with E-state index in [1.165, 1.54) is 10.2 Å². The molecule has 0 aliphatic rings. The Kier molecular flexibility index (Phi) is 5.37. The smallest absolute Gasteiger partial charge is 0.0453 e. The van der Waals surface area contributed by atoms with Gasteiger partial charge in [0.05, 0.1) is 0 Å². The average Bonchev–Trinajstić information content (AvgIpc) is 1.66. The summed E-state index contributed by atoms with van der Waals surface area (Å²) in [6, 6.07) is 0. The molecule has 0 saturated carbocycles. The second-order valence-corrected chi connectivity index (χ2v) is 3.87. The highest BCUT2D eigenvalue weighted by Gasteiger charge is 1.86. The zero-order valence-corrected chi connectivity index (χ0v) is 7.99. The molecule has 0 aromatic carbocycles. The van der Waals surface area contributed by atoms with E-state index < -0.39 is 0 Å². The monoisotopic (exact) mass is 132 g/mol. The van der Waals surface area contributed by atoms with Crippen LogP contribution in [0.2, 0.25) is 0 Å². The molecule has 0 radical (unpaired) electrons. The summed E-state index contributed by atoms with van der Waals surface area (Å²) < 4.78 is 0. The van der Waals surface area contributed by atoms with Crippen LogP contribution >= 0.6 is 0 Å². The SMILES string of the molecule is CCNCNC(C)[SiH3]. The number of rotatable bonds is 4. The van der Waals surface area contributed by atoms with Crippen LogP contribution in [0, 0.1) is 0 Å². The lowest BCUT2D eigenvalue weighted by atomic mass is 10.7. The van der Waals surface area contributed by atoms with Crippen molar-refractivity contribution >= 4 is 10.2 Å². The maximum atomic E-state index is 3.30. The van der Waals surface area contributed by atoms with E-state index in [2.05, 4.69) is 24.5 Å². The van der Waals surface area contributed by atoms with Crippen LogP contribution in [0.1, 0.15) is 13.8 Å². The summed E-state index contributed by atoms with van der Waals surface area (Å²) >= 11 is 0. The van der Waals surface area contributed by atoms with Crippen LogP contribution in [-0.2, 0) is 0 Å². The Morgan fingerprint density at radius 3 is 2.62 bits per heavy atom. The highest BCUT2D eigenvalue weighted by molar-refractivity contribution is 6.11. The predicted molar refractivity (Wildman–Crippen MR) is 41.1 cm³/mol. The van der Waals surface area contributed by atoms with Gasteiger partial charge in [-0.05, 0) is 12.2 Å². The average molecular weight is 132 g/mol. The first-order chi connectivity index (χ1) is 3.77. The van der Waals surface area contributed by atoms with Gasteiger partial charge in [0.2, 0.25) is 0 Å². The Morgan fingerprint density at radius 1 is 1.62 bits per heavy atom. The standard InChI is InChI=1S/C5H16N2Si/c1-3-6-4-7-5(2)8/h5-7H,3-4H2,1-2,8H3. The van der Waals surface area contributed by atoms with Gasteiger partial charge >= 0.3 is 0 Å². The van der Waals surface area contributed by atoms with Crippen molar-refractivity contribution in [2.24, 2.45) is 0 Å². The first kappa shape index (κ1) is 8.14. The summed E-state index contributed by atoms with van der Waals surface area (Å²) in [6.07, 6.45) is 0. The van der Waals surface area contributed by atoms with Gasteiger partial charge in [0.1, 0.15) is 0 Å². The maximum Gasteiger partial charge on any atom is 0.0453 e. The Labute approximate surface area is 54.5 Å². The quantitative estimate of drug-likeness (QED) is 0.287. The molecule has 3 heteroatoms. The van der Waals surface area contributed by atoms with Crippen molar-refractivity contribution < 1.29 is 0 Å². The van der Waals surface area contributed by atoms with Crippen molar-refractivity contribution in [3.63, 3.8) is 0 Å². The Hall–Kier alpha value is 0.137. The van der Waals surface area contributed by atoms with Crippen LogP contribution in [0.4, 0.5) is 0 Å². The Morgan fingerprint density at radius 2 is 2.25 bits per heavy atom. The lowest BCUT2D eigenvalue weighted by molar-refractivity contribution is 0.591. The molecule has 1 unspecified atom stereocenters. The van der Waals surface area contributed by atoms with Crippen molar-refractivity contribution in [1.82, 2.24) is 10.6 Å². The van der Waals surface area contributed by atoms with Crippen molar-refractivity contribution in [3.8, 4) is 0 Å². The summed E-state index contributed by atoms with van der Waals surface area (Å²) in [7, 11) is 1.23. The normalized spacial score (nSPS) is 14.2. The largest absolute Gasteiger partial charge is 0.306 e. The number of nitrogens with one attached hydrogen (secondary N) is 2. The van der Waals surface area contributed by atoms with Gasteiger partial charge in [0, 0.05) is 16.9 Å². The molecule has 8 heavy (non-hydrogen) atoms. The van der Waals surface area contributed by atoms with Crippen LogP contribution in [0.25, 0.3) is 0 Å². The molecule has 0 bridgehead atoms. The second kappa shape index (κ2) is 5.28. The molecule has 2 nitrogen and oxygen atoms in total. The van der Waals surface area contributed by atoms with Crippen LogP contribution < -0.4 is 10.6 Å².